The van der Waals surface area contributed by atoms with Crippen molar-refractivity contribution in [1.82, 2.24) is 9.55 Å². The molecular formula is C17H32N2. The van der Waals surface area contributed by atoms with Gasteiger partial charge in [0.15, 0.2) is 0 Å². The predicted molar refractivity (Wildman–Crippen MR) is 83.7 cm³/mol. The number of hydrogen-bond acceptors (Lipinski definition) is 1. The second-order valence-electron chi connectivity index (χ2n) is 5.89. The van der Waals surface area contributed by atoms with Crippen LogP contribution in [0.2, 0.25) is 0 Å². The third kappa shape index (κ3) is 5.80. The molecule has 0 aliphatic carbocycles. The van der Waals surface area contributed by atoms with Crippen LogP contribution in [-0.2, 0) is 6.54 Å². The Morgan fingerprint density at radius 2 is 1.74 bits per heavy atom. The quantitative estimate of drug-likeness (QED) is 0.513. The molecule has 0 spiro atoms. The van der Waals surface area contributed by atoms with Gasteiger partial charge in [0.05, 0.1) is 5.69 Å². The van der Waals surface area contributed by atoms with E-state index in [9.17, 15) is 0 Å². The minimum atomic E-state index is 0.604. The number of imidazole rings is 1. The van der Waals surface area contributed by atoms with Gasteiger partial charge in [-0.15, -0.1) is 0 Å². The van der Waals surface area contributed by atoms with E-state index in [1.54, 1.807) is 0 Å². The molecule has 1 aromatic heterocycles. The Labute approximate surface area is 119 Å². The summed E-state index contributed by atoms with van der Waals surface area (Å²) in [5, 5.41) is 0. The molecule has 0 saturated carbocycles. The monoisotopic (exact) mass is 264 g/mol. The van der Waals surface area contributed by atoms with Crippen LogP contribution in [0.1, 0.15) is 89.6 Å². The highest BCUT2D eigenvalue weighted by Gasteiger charge is 2.13. The summed E-state index contributed by atoms with van der Waals surface area (Å²) in [5.74, 6) is 1.91. The van der Waals surface area contributed by atoms with Crippen molar-refractivity contribution < 1.29 is 0 Å². The normalized spacial score (nSPS) is 12.8. The molecule has 0 aromatic carbocycles. The number of hydrogen-bond donors (Lipinski definition) is 0. The Morgan fingerprint density at radius 3 is 2.42 bits per heavy atom. The van der Waals surface area contributed by atoms with Crippen LogP contribution in [-0.4, -0.2) is 9.55 Å². The van der Waals surface area contributed by atoms with E-state index >= 15 is 0 Å². The maximum Gasteiger partial charge on any atom is 0.111 e. The van der Waals surface area contributed by atoms with Crippen molar-refractivity contribution >= 4 is 0 Å². The van der Waals surface area contributed by atoms with Crippen molar-refractivity contribution in [3.63, 3.8) is 0 Å². The topological polar surface area (TPSA) is 17.8 Å². The van der Waals surface area contributed by atoms with Gasteiger partial charge in [0.2, 0.25) is 0 Å². The zero-order chi connectivity index (χ0) is 14.1. The molecule has 1 atom stereocenters. The van der Waals surface area contributed by atoms with Gasteiger partial charge in [-0.05, 0) is 19.8 Å². The molecule has 0 amide bonds. The zero-order valence-corrected chi connectivity index (χ0v) is 13.4. The molecule has 1 rings (SSSR count). The minimum absolute atomic E-state index is 0.604. The Hall–Kier alpha value is -0.790. The van der Waals surface area contributed by atoms with E-state index in [0.29, 0.717) is 5.92 Å². The molecule has 1 heterocycles. The molecule has 1 unspecified atom stereocenters. The van der Waals surface area contributed by atoms with Crippen molar-refractivity contribution in [2.45, 2.75) is 91.5 Å². The van der Waals surface area contributed by atoms with Crippen molar-refractivity contribution in [1.29, 1.82) is 0 Å². The van der Waals surface area contributed by atoms with Crippen molar-refractivity contribution in [2.75, 3.05) is 0 Å². The molecule has 0 N–H and O–H groups in total. The molecule has 2 nitrogen and oxygen atoms in total. The Kier molecular flexibility index (Phi) is 7.85. The van der Waals surface area contributed by atoms with Crippen LogP contribution in [0, 0.1) is 6.92 Å². The molecule has 0 fully saturated rings. The summed E-state index contributed by atoms with van der Waals surface area (Å²) in [4.78, 5) is 4.75. The van der Waals surface area contributed by atoms with Gasteiger partial charge >= 0.3 is 0 Å². The van der Waals surface area contributed by atoms with Crippen molar-refractivity contribution in [2.24, 2.45) is 0 Å². The second-order valence-corrected chi connectivity index (χ2v) is 5.89. The van der Waals surface area contributed by atoms with Crippen molar-refractivity contribution in [3.8, 4) is 0 Å². The average Bonchev–Trinajstić information content (AvgIpc) is 2.76. The Morgan fingerprint density at radius 1 is 1.05 bits per heavy atom. The summed E-state index contributed by atoms with van der Waals surface area (Å²) in [7, 11) is 0. The van der Waals surface area contributed by atoms with E-state index in [0.717, 1.165) is 6.54 Å². The van der Waals surface area contributed by atoms with Crippen LogP contribution in [0.4, 0.5) is 0 Å². The molecule has 0 aliphatic rings. The molecule has 0 bridgehead atoms. The van der Waals surface area contributed by atoms with Gasteiger partial charge in [0, 0.05) is 18.7 Å². The second kappa shape index (κ2) is 9.17. The lowest BCUT2D eigenvalue weighted by molar-refractivity contribution is 0.516. The predicted octanol–water partition coefficient (Wildman–Crippen LogP) is 5.46. The third-order valence-electron chi connectivity index (χ3n) is 3.86. The summed E-state index contributed by atoms with van der Waals surface area (Å²) >= 11 is 0. The van der Waals surface area contributed by atoms with Crippen LogP contribution < -0.4 is 0 Å². The van der Waals surface area contributed by atoms with Crippen LogP contribution in [0.25, 0.3) is 0 Å². The van der Waals surface area contributed by atoms with Gasteiger partial charge < -0.3 is 4.57 Å². The first-order valence-electron chi connectivity index (χ1n) is 8.22. The van der Waals surface area contributed by atoms with Gasteiger partial charge in [0.25, 0.3) is 0 Å². The molecule has 0 saturated heterocycles. The third-order valence-corrected chi connectivity index (χ3v) is 3.86. The highest BCUT2D eigenvalue weighted by Crippen LogP contribution is 2.22. The van der Waals surface area contributed by atoms with Crippen molar-refractivity contribution in [3.05, 3.63) is 17.7 Å². The zero-order valence-electron chi connectivity index (χ0n) is 13.4. The first-order chi connectivity index (χ1) is 9.19. The van der Waals surface area contributed by atoms with Gasteiger partial charge in [0.1, 0.15) is 5.82 Å². The first-order valence-corrected chi connectivity index (χ1v) is 8.22. The van der Waals surface area contributed by atoms with Gasteiger partial charge in [-0.25, -0.2) is 4.98 Å². The SMILES string of the molecule is CCCCCCC(C)c1nc(C)cn1CCCCC. The van der Waals surface area contributed by atoms with Gasteiger partial charge in [-0.3, -0.25) is 0 Å². The number of rotatable bonds is 10. The van der Waals surface area contributed by atoms with Crippen LogP contribution >= 0.6 is 0 Å². The lowest BCUT2D eigenvalue weighted by atomic mass is 10.0. The summed E-state index contributed by atoms with van der Waals surface area (Å²) in [6.07, 6.45) is 12.8. The highest BCUT2D eigenvalue weighted by atomic mass is 15.1. The van der Waals surface area contributed by atoms with Crippen LogP contribution in [0.15, 0.2) is 6.20 Å². The first kappa shape index (κ1) is 16.3. The molecule has 0 aliphatic heterocycles. The van der Waals surface area contributed by atoms with Crippen LogP contribution in [0.3, 0.4) is 0 Å². The highest BCUT2D eigenvalue weighted by molar-refractivity contribution is 5.06. The fourth-order valence-electron chi connectivity index (χ4n) is 2.68. The number of unbranched alkanes of at least 4 members (excludes halogenated alkanes) is 5. The number of aromatic nitrogens is 2. The molecule has 1 aromatic rings. The average molecular weight is 264 g/mol. The minimum Gasteiger partial charge on any atom is -0.334 e. The van der Waals surface area contributed by atoms with Gasteiger partial charge in [-0.1, -0.05) is 59.3 Å². The van der Waals surface area contributed by atoms with E-state index in [-0.39, 0.29) is 0 Å². The molecule has 2 heteroatoms. The molecule has 19 heavy (non-hydrogen) atoms. The molecular weight excluding hydrogens is 232 g/mol. The molecule has 110 valence electrons. The number of nitrogens with zero attached hydrogens (tertiary/aromatic N) is 2. The summed E-state index contributed by atoms with van der Waals surface area (Å²) in [6, 6.07) is 0. The summed E-state index contributed by atoms with van der Waals surface area (Å²) < 4.78 is 2.40. The number of aryl methyl sites for hydroxylation is 2. The van der Waals surface area contributed by atoms with E-state index < -0.39 is 0 Å². The maximum atomic E-state index is 4.75. The lowest BCUT2D eigenvalue weighted by Gasteiger charge is -2.14. The smallest absolute Gasteiger partial charge is 0.111 e. The summed E-state index contributed by atoms with van der Waals surface area (Å²) in [5.41, 5.74) is 1.17. The standard InChI is InChI=1S/C17H32N2/c1-5-7-9-10-12-15(3)17-18-16(4)14-19(17)13-11-8-6-2/h14-15H,5-13H2,1-4H3. The van der Waals surface area contributed by atoms with E-state index in [4.69, 9.17) is 4.98 Å². The fourth-order valence-corrected chi connectivity index (χ4v) is 2.68. The fraction of sp³-hybridized carbons (Fsp3) is 0.824. The molecule has 0 radical (unpaired) electrons. The van der Waals surface area contributed by atoms with E-state index in [2.05, 4.69) is 38.5 Å². The summed E-state index contributed by atoms with van der Waals surface area (Å²) in [6.45, 7) is 10.1. The largest absolute Gasteiger partial charge is 0.334 e. The van der Waals surface area contributed by atoms with Gasteiger partial charge in [-0.2, -0.15) is 0 Å². The Bertz CT molecular complexity index is 341. The lowest BCUT2D eigenvalue weighted by Crippen LogP contribution is -2.07. The van der Waals surface area contributed by atoms with E-state index in [1.165, 1.54) is 62.9 Å². The maximum absolute atomic E-state index is 4.75. The van der Waals surface area contributed by atoms with E-state index in [1.807, 2.05) is 0 Å². The van der Waals surface area contributed by atoms with Crippen LogP contribution in [0.5, 0.6) is 0 Å². The Balaban J connectivity index is 2.49.